The van der Waals surface area contributed by atoms with Gasteiger partial charge in [0.1, 0.15) is 0 Å². The third-order valence-corrected chi connectivity index (χ3v) is 7.11. The van der Waals surface area contributed by atoms with E-state index >= 15 is 0 Å². The Hall–Kier alpha value is -1.93. The lowest BCUT2D eigenvalue weighted by Gasteiger charge is -2.30. The van der Waals surface area contributed by atoms with Crippen molar-refractivity contribution in [3.05, 3.63) is 29.3 Å². The predicted octanol–water partition coefficient (Wildman–Crippen LogP) is 2.49. The molecule has 0 unspecified atom stereocenters. The van der Waals surface area contributed by atoms with Crippen molar-refractivity contribution in [2.75, 3.05) is 14.1 Å². The first-order valence-corrected chi connectivity index (χ1v) is 11.0. The fourth-order valence-electron chi connectivity index (χ4n) is 3.30. The first-order valence-electron chi connectivity index (χ1n) is 9.58. The van der Waals surface area contributed by atoms with E-state index in [4.69, 9.17) is 4.74 Å². The number of rotatable bonds is 6. The van der Waals surface area contributed by atoms with Crippen LogP contribution in [0.5, 0.6) is 0 Å². The highest BCUT2D eigenvalue weighted by atomic mass is 32.2. The smallest absolute Gasteiger partial charge is 0.339 e. The van der Waals surface area contributed by atoms with Gasteiger partial charge >= 0.3 is 5.97 Å². The van der Waals surface area contributed by atoms with Crippen molar-refractivity contribution < 1.29 is 22.7 Å². The van der Waals surface area contributed by atoms with Crippen LogP contribution in [-0.2, 0) is 19.6 Å². The van der Waals surface area contributed by atoms with Crippen molar-refractivity contribution >= 4 is 21.9 Å². The van der Waals surface area contributed by atoms with Crippen LogP contribution in [0, 0.1) is 12.8 Å². The summed E-state index contributed by atoms with van der Waals surface area (Å²) in [6.07, 6.45) is 3.29. The largest absolute Gasteiger partial charge is 0.449 e. The third-order valence-electron chi connectivity index (χ3n) is 5.30. The summed E-state index contributed by atoms with van der Waals surface area (Å²) in [6.45, 7) is 5.33. The van der Waals surface area contributed by atoms with Gasteiger partial charge in [0, 0.05) is 20.1 Å². The molecule has 1 aromatic carbocycles. The molecule has 7 nitrogen and oxygen atoms in total. The van der Waals surface area contributed by atoms with E-state index in [1.165, 1.54) is 39.6 Å². The van der Waals surface area contributed by atoms with Gasteiger partial charge in [-0.3, -0.25) is 4.79 Å². The highest BCUT2D eigenvalue weighted by Crippen LogP contribution is 2.24. The summed E-state index contributed by atoms with van der Waals surface area (Å²) in [7, 11) is -0.829. The zero-order chi connectivity index (χ0) is 21.1. The number of esters is 1. The van der Waals surface area contributed by atoms with Crippen LogP contribution in [0.25, 0.3) is 0 Å². The molecular weight excluding hydrogens is 380 g/mol. The Bertz CT molecular complexity index is 835. The highest BCUT2D eigenvalue weighted by molar-refractivity contribution is 7.89. The van der Waals surface area contributed by atoms with E-state index < -0.39 is 22.1 Å². The lowest BCUT2D eigenvalue weighted by Crippen LogP contribution is -2.46. The van der Waals surface area contributed by atoms with Gasteiger partial charge in [-0.05, 0) is 50.3 Å². The summed E-state index contributed by atoms with van der Waals surface area (Å²) in [6, 6.07) is 4.39. The Morgan fingerprint density at radius 2 is 1.86 bits per heavy atom. The molecule has 1 saturated carbocycles. The Balaban J connectivity index is 2.10. The molecule has 0 aliphatic heterocycles. The van der Waals surface area contributed by atoms with Crippen molar-refractivity contribution in [1.29, 1.82) is 0 Å². The number of amides is 1. The minimum Gasteiger partial charge on any atom is -0.449 e. The van der Waals surface area contributed by atoms with Gasteiger partial charge in [-0.1, -0.05) is 25.8 Å². The lowest BCUT2D eigenvalue weighted by molar-refractivity contribution is -0.130. The van der Waals surface area contributed by atoms with Gasteiger partial charge in [0.15, 0.2) is 6.10 Å². The van der Waals surface area contributed by atoms with E-state index in [-0.39, 0.29) is 22.4 Å². The number of hydrogen-bond donors (Lipinski definition) is 1. The summed E-state index contributed by atoms with van der Waals surface area (Å²) in [5.74, 6) is -0.648. The molecule has 1 N–H and O–H groups in total. The van der Waals surface area contributed by atoms with Gasteiger partial charge in [0.25, 0.3) is 5.91 Å². The van der Waals surface area contributed by atoms with Crippen LogP contribution in [0.4, 0.5) is 0 Å². The normalized spacial score (nSPS) is 21.2. The van der Waals surface area contributed by atoms with Crippen molar-refractivity contribution in [3.63, 3.8) is 0 Å². The fourth-order valence-corrected chi connectivity index (χ4v) is 4.23. The maximum atomic E-state index is 12.6. The molecule has 2 rings (SSSR count). The van der Waals surface area contributed by atoms with Crippen molar-refractivity contribution in [2.24, 2.45) is 5.92 Å². The van der Waals surface area contributed by atoms with Gasteiger partial charge in [0.2, 0.25) is 10.0 Å². The highest BCUT2D eigenvalue weighted by Gasteiger charge is 2.27. The van der Waals surface area contributed by atoms with E-state index in [0.717, 1.165) is 23.6 Å². The van der Waals surface area contributed by atoms with E-state index in [2.05, 4.69) is 12.2 Å². The van der Waals surface area contributed by atoms with E-state index in [9.17, 15) is 18.0 Å². The monoisotopic (exact) mass is 410 g/mol. The number of benzene rings is 1. The van der Waals surface area contributed by atoms with Crippen LogP contribution in [0.2, 0.25) is 0 Å². The maximum Gasteiger partial charge on any atom is 0.339 e. The quantitative estimate of drug-likeness (QED) is 0.728. The summed E-state index contributed by atoms with van der Waals surface area (Å²) in [5.41, 5.74) is 0.713. The van der Waals surface area contributed by atoms with Crippen molar-refractivity contribution in [1.82, 2.24) is 9.62 Å². The van der Waals surface area contributed by atoms with Gasteiger partial charge in [0.05, 0.1) is 10.5 Å². The van der Waals surface area contributed by atoms with Crippen LogP contribution in [0.3, 0.4) is 0 Å². The molecule has 0 spiro atoms. The summed E-state index contributed by atoms with van der Waals surface area (Å²) >= 11 is 0. The standard InChI is InChI=1S/C20H30N2O5S/c1-13-10-11-16(28(25,26)22(4)5)12-17(13)20(24)27-15(3)19(23)21-18-9-7-6-8-14(18)2/h10-12,14-15,18H,6-9H2,1-5H3,(H,21,23)/t14-,15+,18-/m0/s1. The number of hydrogen-bond acceptors (Lipinski definition) is 5. The number of aryl methyl sites for hydroxylation is 1. The molecule has 0 saturated heterocycles. The van der Waals surface area contributed by atoms with Crippen LogP contribution in [0.1, 0.15) is 55.5 Å². The zero-order valence-electron chi connectivity index (χ0n) is 17.2. The Kier molecular flexibility index (Phi) is 7.22. The third kappa shape index (κ3) is 5.11. The maximum absolute atomic E-state index is 12.6. The average Bonchev–Trinajstić information content (AvgIpc) is 2.63. The van der Waals surface area contributed by atoms with Crippen molar-refractivity contribution in [2.45, 2.75) is 63.5 Å². The van der Waals surface area contributed by atoms with E-state index in [1.807, 2.05) is 0 Å². The Morgan fingerprint density at radius 1 is 1.21 bits per heavy atom. The molecular formula is C20H30N2O5S. The Morgan fingerprint density at radius 3 is 2.46 bits per heavy atom. The molecule has 0 aromatic heterocycles. The van der Waals surface area contributed by atoms with Crippen LogP contribution in [-0.4, -0.2) is 50.8 Å². The number of carbonyl (C=O) groups is 2. The Labute approximate surface area is 167 Å². The molecule has 1 fully saturated rings. The van der Waals surface area contributed by atoms with Crippen LogP contribution in [0.15, 0.2) is 23.1 Å². The number of ether oxygens (including phenoxy) is 1. The molecule has 0 radical (unpaired) electrons. The predicted molar refractivity (Wildman–Crippen MR) is 106 cm³/mol. The van der Waals surface area contributed by atoms with E-state index in [1.54, 1.807) is 13.0 Å². The number of sulfonamides is 1. The zero-order valence-corrected chi connectivity index (χ0v) is 18.0. The number of nitrogens with zero attached hydrogens (tertiary/aromatic N) is 1. The average molecular weight is 411 g/mol. The molecule has 8 heteroatoms. The van der Waals surface area contributed by atoms with Crippen LogP contribution < -0.4 is 5.32 Å². The first-order chi connectivity index (χ1) is 13.0. The molecule has 3 atom stereocenters. The van der Waals surface area contributed by atoms with Gasteiger partial charge in [-0.15, -0.1) is 0 Å². The molecule has 156 valence electrons. The van der Waals surface area contributed by atoms with Gasteiger partial charge in [-0.25, -0.2) is 17.5 Å². The molecule has 28 heavy (non-hydrogen) atoms. The first kappa shape index (κ1) is 22.4. The van der Waals surface area contributed by atoms with Crippen molar-refractivity contribution in [3.8, 4) is 0 Å². The number of nitrogens with one attached hydrogen (secondary N) is 1. The summed E-state index contributed by atoms with van der Waals surface area (Å²) in [5, 5.41) is 2.97. The minimum atomic E-state index is -3.67. The molecule has 0 heterocycles. The number of carbonyl (C=O) groups excluding carboxylic acids is 2. The second-order valence-electron chi connectivity index (χ2n) is 7.69. The van der Waals surface area contributed by atoms with Gasteiger partial charge in [-0.2, -0.15) is 0 Å². The molecule has 1 amide bonds. The second-order valence-corrected chi connectivity index (χ2v) is 9.84. The van der Waals surface area contributed by atoms with Crippen LogP contribution >= 0.6 is 0 Å². The molecule has 1 aliphatic rings. The molecule has 1 aliphatic carbocycles. The lowest BCUT2D eigenvalue weighted by atomic mass is 9.86. The van der Waals surface area contributed by atoms with Gasteiger partial charge < -0.3 is 10.1 Å². The second kappa shape index (κ2) is 9.05. The SMILES string of the molecule is Cc1ccc(S(=O)(=O)N(C)C)cc1C(=O)O[C@H](C)C(=O)N[C@H]1CCCC[C@@H]1C. The fraction of sp³-hybridized carbons (Fsp3) is 0.600. The summed E-state index contributed by atoms with van der Waals surface area (Å²) < 4.78 is 31.0. The minimum absolute atomic E-state index is 0.00295. The summed E-state index contributed by atoms with van der Waals surface area (Å²) in [4.78, 5) is 25.0. The molecule has 1 aromatic rings. The topological polar surface area (TPSA) is 92.8 Å². The van der Waals surface area contributed by atoms with E-state index in [0.29, 0.717) is 11.5 Å². The molecule has 0 bridgehead atoms.